The third-order valence-corrected chi connectivity index (χ3v) is 5.45. The third kappa shape index (κ3) is 2.27. The highest BCUT2D eigenvalue weighted by Gasteiger charge is 2.31. The van der Waals surface area contributed by atoms with Crippen LogP contribution in [-0.2, 0) is 6.54 Å². The molecule has 4 rings (SSSR count). The molecule has 1 aromatic carbocycles. The van der Waals surface area contributed by atoms with Gasteiger partial charge in [-0.3, -0.25) is 9.88 Å². The van der Waals surface area contributed by atoms with E-state index in [2.05, 4.69) is 27.8 Å². The van der Waals surface area contributed by atoms with Crippen molar-refractivity contribution in [1.29, 1.82) is 0 Å². The molecule has 4 heteroatoms. The van der Waals surface area contributed by atoms with Crippen LogP contribution in [-0.4, -0.2) is 29.1 Å². The predicted molar refractivity (Wildman–Crippen MR) is 92.4 cm³/mol. The molecule has 3 nitrogen and oxygen atoms in total. The van der Waals surface area contributed by atoms with Gasteiger partial charge in [0.05, 0.1) is 22.9 Å². The van der Waals surface area contributed by atoms with Crippen molar-refractivity contribution in [1.82, 2.24) is 9.88 Å². The van der Waals surface area contributed by atoms with E-state index < -0.39 is 0 Å². The van der Waals surface area contributed by atoms with Gasteiger partial charge in [-0.15, -0.1) is 0 Å². The van der Waals surface area contributed by atoms with Crippen molar-refractivity contribution in [2.75, 3.05) is 18.1 Å². The van der Waals surface area contributed by atoms with E-state index in [-0.39, 0.29) is 0 Å². The second kappa shape index (κ2) is 5.71. The molecule has 0 radical (unpaired) electrons. The van der Waals surface area contributed by atoms with Crippen LogP contribution in [0.25, 0.3) is 10.9 Å². The van der Waals surface area contributed by atoms with Gasteiger partial charge in [0.25, 0.3) is 0 Å². The molecule has 2 aromatic rings. The van der Waals surface area contributed by atoms with Crippen molar-refractivity contribution in [2.24, 2.45) is 0 Å². The van der Waals surface area contributed by atoms with Gasteiger partial charge in [-0.2, -0.15) is 0 Å². The standard InChI is InChI=1S/C18H22ClN3/c1-2-21-11-13-10-20-17-15(8-5-9-16(17)19)18(13)22(12-21)14-6-3-4-7-14/h5,8-10,14H,2-4,6-7,11-12H2,1H3. The van der Waals surface area contributed by atoms with Crippen molar-refractivity contribution in [3.63, 3.8) is 0 Å². The average molecular weight is 316 g/mol. The molecule has 0 amide bonds. The lowest BCUT2D eigenvalue weighted by Gasteiger charge is -2.42. The number of benzene rings is 1. The summed E-state index contributed by atoms with van der Waals surface area (Å²) in [5.74, 6) is 0. The Bertz CT molecular complexity index is 694. The zero-order valence-corrected chi connectivity index (χ0v) is 13.8. The highest BCUT2D eigenvalue weighted by molar-refractivity contribution is 6.35. The van der Waals surface area contributed by atoms with E-state index in [1.807, 2.05) is 18.3 Å². The normalized spacial score (nSPS) is 19.8. The Balaban J connectivity index is 1.89. The number of anilines is 1. The number of fused-ring (bicyclic) bond motifs is 3. The largest absolute Gasteiger partial charge is 0.355 e. The second-order valence-electron chi connectivity index (χ2n) is 6.46. The molecule has 0 saturated heterocycles. The Labute approximate surface area is 136 Å². The first-order valence-electron chi connectivity index (χ1n) is 8.33. The Morgan fingerprint density at radius 3 is 2.86 bits per heavy atom. The number of halogens is 1. The van der Waals surface area contributed by atoms with Gasteiger partial charge in [0, 0.05) is 29.7 Å². The molecule has 1 aliphatic heterocycles. The third-order valence-electron chi connectivity index (χ3n) is 5.14. The average Bonchev–Trinajstić information content (AvgIpc) is 3.08. The van der Waals surface area contributed by atoms with E-state index in [9.17, 15) is 0 Å². The van der Waals surface area contributed by atoms with Crippen LogP contribution in [0.1, 0.15) is 38.2 Å². The van der Waals surface area contributed by atoms with Crippen molar-refractivity contribution in [3.8, 4) is 0 Å². The molecule has 22 heavy (non-hydrogen) atoms. The molecular formula is C18H22ClN3. The van der Waals surface area contributed by atoms with Crippen molar-refractivity contribution >= 4 is 28.2 Å². The summed E-state index contributed by atoms with van der Waals surface area (Å²) in [5.41, 5.74) is 3.66. The van der Waals surface area contributed by atoms with E-state index in [0.29, 0.717) is 6.04 Å². The fourth-order valence-electron chi connectivity index (χ4n) is 3.97. The monoisotopic (exact) mass is 315 g/mol. The van der Waals surface area contributed by atoms with Gasteiger partial charge in [-0.25, -0.2) is 0 Å². The minimum absolute atomic E-state index is 0.665. The van der Waals surface area contributed by atoms with Gasteiger partial charge in [0.2, 0.25) is 0 Å². The number of pyridine rings is 1. The molecule has 1 fully saturated rings. The minimum atomic E-state index is 0.665. The maximum Gasteiger partial charge on any atom is 0.0909 e. The lowest BCUT2D eigenvalue weighted by molar-refractivity contribution is 0.255. The summed E-state index contributed by atoms with van der Waals surface area (Å²) in [4.78, 5) is 9.76. The quantitative estimate of drug-likeness (QED) is 0.817. The number of rotatable bonds is 2. The molecule has 2 aliphatic rings. The molecule has 0 atom stereocenters. The number of aromatic nitrogens is 1. The van der Waals surface area contributed by atoms with Crippen molar-refractivity contribution in [3.05, 3.63) is 35.0 Å². The minimum Gasteiger partial charge on any atom is -0.355 e. The summed E-state index contributed by atoms with van der Waals surface area (Å²) < 4.78 is 0. The lowest BCUT2D eigenvalue weighted by atomic mass is 10.0. The van der Waals surface area contributed by atoms with Gasteiger partial charge in [0.15, 0.2) is 0 Å². The van der Waals surface area contributed by atoms with E-state index >= 15 is 0 Å². The Kier molecular flexibility index (Phi) is 3.71. The summed E-state index contributed by atoms with van der Waals surface area (Å²) >= 11 is 6.37. The van der Waals surface area contributed by atoms with Crippen LogP contribution in [0.15, 0.2) is 24.4 Å². The fraction of sp³-hybridized carbons (Fsp3) is 0.500. The molecule has 116 valence electrons. The van der Waals surface area contributed by atoms with E-state index in [1.54, 1.807) is 0 Å². The van der Waals surface area contributed by atoms with Gasteiger partial charge in [-0.1, -0.05) is 43.5 Å². The first-order chi connectivity index (χ1) is 10.8. The molecule has 1 saturated carbocycles. The molecule has 0 bridgehead atoms. The molecule has 0 unspecified atom stereocenters. The highest BCUT2D eigenvalue weighted by Crippen LogP contribution is 2.39. The number of para-hydroxylation sites is 1. The van der Waals surface area contributed by atoms with Crippen LogP contribution in [0.4, 0.5) is 5.69 Å². The summed E-state index contributed by atoms with van der Waals surface area (Å²) in [6.45, 7) is 5.34. The Hall–Kier alpha value is -1.32. The van der Waals surface area contributed by atoms with Crippen LogP contribution in [0.5, 0.6) is 0 Å². The Morgan fingerprint density at radius 1 is 1.27 bits per heavy atom. The maximum atomic E-state index is 6.37. The van der Waals surface area contributed by atoms with Crippen molar-refractivity contribution in [2.45, 2.75) is 45.2 Å². The van der Waals surface area contributed by atoms with Crippen molar-refractivity contribution < 1.29 is 0 Å². The van der Waals surface area contributed by atoms with Gasteiger partial charge in [-0.05, 0) is 25.5 Å². The van der Waals surface area contributed by atoms with Gasteiger partial charge < -0.3 is 4.90 Å². The zero-order valence-electron chi connectivity index (χ0n) is 13.1. The van der Waals surface area contributed by atoms with Crippen LogP contribution in [0.2, 0.25) is 5.02 Å². The molecule has 0 spiro atoms. The van der Waals surface area contributed by atoms with Gasteiger partial charge >= 0.3 is 0 Å². The van der Waals surface area contributed by atoms with Crippen LogP contribution >= 0.6 is 11.6 Å². The van der Waals surface area contributed by atoms with E-state index in [0.717, 1.165) is 30.3 Å². The van der Waals surface area contributed by atoms with Gasteiger partial charge in [0.1, 0.15) is 0 Å². The molecule has 1 aliphatic carbocycles. The summed E-state index contributed by atoms with van der Waals surface area (Å²) in [7, 11) is 0. The molecule has 0 N–H and O–H groups in total. The SMILES string of the molecule is CCN1Cc2cnc3c(Cl)cccc3c2N(C2CCCC2)C1. The summed E-state index contributed by atoms with van der Waals surface area (Å²) in [5, 5.41) is 1.97. The summed E-state index contributed by atoms with van der Waals surface area (Å²) in [6.07, 6.45) is 7.36. The number of nitrogens with zero attached hydrogens (tertiary/aromatic N) is 3. The molecule has 2 heterocycles. The number of hydrogen-bond donors (Lipinski definition) is 0. The highest BCUT2D eigenvalue weighted by atomic mass is 35.5. The van der Waals surface area contributed by atoms with Crippen LogP contribution in [0.3, 0.4) is 0 Å². The smallest absolute Gasteiger partial charge is 0.0909 e. The number of hydrogen-bond acceptors (Lipinski definition) is 3. The first kappa shape index (κ1) is 14.3. The maximum absolute atomic E-state index is 6.37. The van der Waals surface area contributed by atoms with E-state index in [1.165, 1.54) is 42.3 Å². The van der Waals surface area contributed by atoms with E-state index in [4.69, 9.17) is 11.6 Å². The van der Waals surface area contributed by atoms with Crippen LogP contribution in [0, 0.1) is 0 Å². The first-order valence-corrected chi connectivity index (χ1v) is 8.71. The zero-order chi connectivity index (χ0) is 15.1. The van der Waals surface area contributed by atoms with Crippen LogP contribution < -0.4 is 4.90 Å². The molecule has 1 aromatic heterocycles. The fourth-order valence-corrected chi connectivity index (χ4v) is 4.20. The predicted octanol–water partition coefficient (Wildman–Crippen LogP) is 4.43. The molecular weight excluding hydrogens is 294 g/mol. The topological polar surface area (TPSA) is 19.4 Å². The summed E-state index contributed by atoms with van der Waals surface area (Å²) in [6, 6.07) is 6.82. The second-order valence-corrected chi connectivity index (χ2v) is 6.87. The Morgan fingerprint density at radius 2 is 2.09 bits per heavy atom. The lowest BCUT2D eigenvalue weighted by Crippen LogP contribution is -2.46.